The Bertz CT molecular complexity index is 1300. The van der Waals surface area contributed by atoms with Crippen LogP contribution in [0.2, 0.25) is 0 Å². The first-order valence-corrected chi connectivity index (χ1v) is 13.2. The quantitative estimate of drug-likeness (QED) is 0.438. The maximum absolute atomic E-state index is 15.2. The van der Waals surface area contributed by atoms with Gasteiger partial charge in [0.05, 0.1) is 17.3 Å². The molecule has 4 N–H and O–H groups in total. The maximum Gasteiger partial charge on any atom is 0.149 e. The van der Waals surface area contributed by atoms with Crippen LogP contribution in [0.1, 0.15) is 36.6 Å². The molecule has 39 heavy (non-hydrogen) atoms. The third kappa shape index (κ3) is 5.65. The van der Waals surface area contributed by atoms with E-state index in [1.54, 1.807) is 12.4 Å². The summed E-state index contributed by atoms with van der Waals surface area (Å²) in [4.78, 5) is 10.7. The fourth-order valence-corrected chi connectivity index (χ4v) is 5.56. The van der Waals surface area contributed by atoms with Crippen molar-refractivity contribution < 1.29 is 28.1 Å². The zero-order valence-electron chi connectivity index (χ0n) is 21.8. The third-order valence-corrected chi connectivity index (χ3v) is 7.87. The van der Waals surface area contributed by atoms with E-state index >= 15 is 8.78 Å². The standard InChI is InChI=1S/C29H33F3N4O3/c1-17-15-36(16-24(33)28(17)37)25-6-9-34-14-18(25)2-3-20-4-5-21(30)27(35-20)26-22(31)12-19(13-23(26)32)29(38)7-10-39-11-8-29/h4-6,9,12-14,17,24,28,37-38H,2-3,7-8,10-11,15-16,33H2,1H3/t17-,24+,28+/m0/s1. The lowest BCUT2D eigenvalue weighted by Crippen LogP contribution is -2.55. The van der Waals surface area contributed by atoms with Crippen molar-refractivity contribution in [3.8, 4) is 11.3 Å². The average Bonchev–Trinajstić information content (AvgIpc) is 2.92. The van der Waals surface area contributed by atoms with Crippen LogP contribution >= 0.6 is 0 Å². The number of piperidine rings is 1. The SMILES string of the molecule is C[C@H]1CN(c2ccncc2CCc2ccc(F)c(-c3c(F)cc(C4(O)CCOCC4)cc3F)n2)C[C@@H](N)[C@@H]1O. The van der Waals surface area contributed by atoms with Crippen molar-refractivity contribution in [3.05, 3.63) is 77.0 Å². The van der Waals surface area contributed by atoms with Crippen molar-refractivity contribution in [2.75, 3.05) is 31.2 Å². The Hall–Kier alpha value is -3.05. The molecule has 2 saturated heterocycles. The van der Waals surface area contributed by atoms with Crippen LogP contribution in [-0.2, 0) is 23.2 Å². The summed E-state index contributed by atoms with van der Waals surface area (Å²) in [6, 6.07) is 6.29. The number of nitrogens with zero attached hydrogens (tertiary/aromatic N) is 3. The van der Waals surface area contributed by atoms with Gasteiger partial charge in [-0.15, -0.1) is 0 Å². The van der Waals surface area contributed by atoms with E-state index in [9.17, 15) is 14.6 Å². The Morgan fingerprint density at radius 1 is 1.05 bits per heavy atom. The number of hydrogen-bond donors (Lipinski definition) is 3. The molecule has 0 amide bonds. The Morgan fingerprint density at radius 3 is 2.46 bits per heavy atom. The van der Waals surface area contributed by atoms with Gasteiger partial charge >= 0.3 is 0 Å². The van der Waals surface area contributed by atoms with Gasteiger partial charge in [0.15, 0.2) is 0 Å². The molecule has 0 bridgehead atoms. The number of anilines is 1. The second-order valence-electron chi connectivity index (χ2n) is 10.6. The number of ether oxygens (including phenoxy) is 1. The van der Waals surface area contributed by atoms with Gasteiger partial charge in [-0.25, -0.2) is 18.2 Å². The van der Waals surface area contributed by atoms with Gasteiger partial charge in [-0.3, -0.25) is 4.98 Å². The van der Waals surface area contributed by atoms with Gasteiger partial charge in [0.25, 0.3) is 0 Å². The number of aliphatic hydroxyl groups is 2. The number of benzene rings is 1. The minimum atomic E-state index is -1.40. The fourth-order valence-electron chi connectivity index (χ4n) is 5.56. The molecule has 1 aromatic carbocycles. The van der Waals surface area contributed by atoms with Gasteiger partial charge in [-0.2, -0.15) is 0 Å². The minimum Gasteiger partial charge on any atom is -0.391 e. The predicted octanol–water partition coefficient (Wildman–Crippen LogP) is 3.49. The highest BCUT2D eigenvalue weighted by Gasteiger charge is 2.34. The van der Waals surface area contributed by atoms with Crippen LogP contribution in [0.25, 0.3) is 11.3 Å². The summed E-state index contributed by atoms with van der Waals surface area (Å²) in [5, 5.41) is 21.1. The molecule has 10 heteroatoms. The lowest BCUT2D eigenvalue weighted by molar-refractivity contribution is -0.0682. The van der Waals surface area contributed by atoms with Crippen LogP contribution in [0.15, 0.2) is 42.7 Å². The van der Waals surface area contributed by atoms with Gasteiger partial charge in [0.1, 0.15) is 23.1 Å². The van der Waals surface area contributed by atoms with Gasteiger partial charge in [-0.1, -0.05) is 6.92 Å². The summed E-state index contributed by atoms with van der Waals surface area (Å²) in [7, 11) is 0. The Balaban J connectivity index is 1.38. The molecule has 0 aliphatic carbocycles. The highest BCUT2D eigenvalue weighted by molar-refractivity contribution is 5.63. The zero-order chi connectivity index (χ0) is 27.7. The summed E-state index contributed by atoms with van der Waals surface area (Å²) in [5.74, 6) is -2.81. The monoisotopic (exact) mass is 542 g/mol. The number of halogens is 3. The van der Waals surface area contributed by atoms with Gasteiger partial charge in [-0.05, 0) is 54.3 Å². The van der Waals surface area contributed by atoms with Crippen molar-refractivity contribution in [3.63, 3.8) is 0 Å². The highest BCUT2D eigenvalue weighted by atomic mass is 19.1. The predicted molar refractivity (Wildman–Crippen MR) is 141 cm³/mol. The first kappa shape index (κ1) is 27.5. The molecule has 2 aliphatic rings. The molecule has 4 heterocycles. The molecule has 2 aromatic heterocycles. The van der Waals surface area contributed by atoms with Gasteiger partial charge < -0.3 is 25.6 Å². The molecule has 3 aromatic rings. The van der Waals surface area contributed by atoms with E-state index in [2.05, 4.69) is 14.9 Å². The molecule has 5 rings (SSSR count). The number of aryl methyl sites for hydroxylation is 2. The van der Waals surface area contributed by atoms with Crippen LogP contribution in [0.3, 0.4) is 0 Å². The Labute approximate surface area is 225 Å². The van der Waals surface area contributed by atoms with Crippen LogP contribution < -0.4 is 10.6 Å². The van der Waals surface area contributed by atoms with E-state index in [1.807, 2.05) is 13.0 Å². The first-order chi connectivity index (χ1) is 18.7. The fraction of sp³-hybridized carbons (Fsp3) is 0.448. The number of hydrogen-bond acceptors (Lipinski definition) is 7. The van der Waals surface area contributed by atoms with Crippen LogP contribution in [0.4, 0.5) is 18.9 Å². The number of aliphatic hydroxyl groups excluding tert-OH is 1. The Morgan fingerprint density at radius 2 is 1.77 bits per heavy atom. The van der Waals surface area contributed by atoms with E-state index in [-0.39, 0.29) is 43.6 Å². The molecule has 208 valence electrons. The molecular weight excluding hydrogens is 509 g/mol. The topological polar surface area (TPSA) is 105 Å². The molecule has 0 radical (unpaired) electrons. The van der Waals surface area contributed by atoms with Crippen molar-refractivity contribution in [2.45, 2.75) is 50.4 Å². The van der Waals surface area contributed by atoms with Crippen molar-refractivity contribution in [2.24, 2.45) is 11.7 Å². The second kappa shape index (κ2) is 11.2. The molecule has 7 nitrogen and oxygen atoms in total. The lowest BCUT2D eigenvalue weighted by atomic mass is 9.85. The van der Waals surface area contributed by atoms with E-state index < -0.39 is 40.4 Å². The van der Waals surface area contributed by atoms with Crippen molar-refractivity contribution >= 4 is 5.69 Å². The first-order valence-electron chi connectivity index (χ1n) is 13.2. The summed E-state index contributed by atoms with van der Waals surface area (Å²) in [5.41, 5.74) is 6.20. The molecule has 3 atom stereocenters. The second-order valence-corrected chi connectivity index (χ2v) is 10.6. The summed E-state index contributed by atoms with van der Waals surface area (Å²) < 4.78 is 50.5. The maximum atomic E-state index is 15.2. The van der Waals surface area contributed by atoms with E-state index in [0.29, 0.717) is 31.6 Å². The molecule has 2 fully saturated rings. The summed E-state index contributed by atoms with van der Waals surface area (Å²) in [6.45, 7) is 3.66. The van der Waals surface area contributed by atoms with Crippen LogP contribution in [0.5, 0.6) is 0 Å². The molecule has 2 aliphatic heterocycles. The number of pyridine rings is 2. The average molecular weight is 543 g/mol. The summed E-state index contributed by atoms with van der Waals surface area (Å²) in [6.07, 6.45) is 4.19. The van der Waals surface area contributed by atoms with Gasteiger partial charge in [0, 0.05) is 74.9 Å². The molecule has 0 spiro atoms. The zero-order valence-corrected chi connectivity index (χ0v) is 21.8. The summed E-state index contributed by atoms with van der Waals surface area (Å²) >= 11 is 0. The Kier molecular flexibility index (Phi) is 7.91. The third-order valence-electron chi connectivity index (χ3n) is 7.87. The van der Waals surface area contributed by atoms with E-state index in [1.165, 1.54) is 6.07 Å². The van der Waals surface area contributed by atoms with Crippen LogP contribution in [0, 0.1) is 23.4 Å². The van der Waals surface area contributed by atoms with Crippen LogP contribution in [-0.4, -0.2) is 58.6 Å². The number of nitrogens with two attached hydrogens (primary N) is 1. The van der Waals surface area contributed by atoms with E-state index in [4.69, 9.17) is 10.5 Å². The minimum absolute atomic E-state index is 0.000529. The van der Waals surface area contributed by atoms with Crippen molar-refractivity contribution in [1.82, 2.24) is 9.97 Å². The highest BCUT2D eigenvalue weighted by Crippen LogP contribution is 2.36. The number of rotatable bonds is 6. The smallest absolute Gasteiger partial charge is 0.149 e. The lowest BCUT2D eigenvalue weighted by Gasteiger charge is -2.40. The molecule has 0 unspecified atom stereocenters. The van der Waals surface area contributed by atoms with E-state index in [0.717, 1.165) is 29.4 Å². The molecule has 0 saturated carbocycles. The molecular formula is C29H33F3N4O3. The largest absolute Gasteiger partial charge is 0.391 e. The number of aromatic nitrogens is 2. The normalized spacial score (nSPS) is 23.2. The van der Waals surface area contributed by atoms with Gasteiger partial charge in [0.2, 0.25) is 0 Å². The van der Waals surface area contributed by atoms with Crippen molar-refractivity contribution in [1.29, 1.82) is 0 Å².